The number of thioether (sulfide) groups is 2. The van der Waals surface area contributed by atoms with Crippen LogP contribution in [-0.4, -0.2) is 20.7 Å². The molecule has 0 saturated heterocycles. The molecular formula is C9H20S4. The molecule has 0 saturated carbocycles. The van der Waals surface area contributed by atoms with Crippen molar-refractivity contribution in [3.05, 3.63) is 0 Å². The monoisotopic (exact) mass is 256 g/mol. The Morgan fingerprint density at radius 3 is 1.62 bits per heavy atom. The molecule has 0 aromatic heterocycles. The summed E-state index contributed by atoms with van der Waals surface area (Å²) in [7, 11) is 0. The average molecular weight is 257 g/mol. The summed E-state index contributed by atoms with van der Waals surface area (Å²) >= 11 is 12.8. The maximum absolute atomic E-state index is 4.43. The molecule has 0 heterocycles. The molecule has 0 aromatic rings. The second-order valence-corrected chi connectivity index (χ2v) is 7.39. The van der Waals surface area contributed by atoms with E-state index in [1.54, 1.807) is 0 Å². The number of rotatable bonds is 8. The lowest BCUT2D eigenvalue weighted by atomic mass is 10.6. The zero-order valence-corrected chi connectivity index (χ0v) is 11.8. The smallest absolute Gasteiger partial charge is 0.0469 e. The molecule has 2 atom stereocenters. The molecule has 0 aromatic carbocycles. The van der Waals surface area contributed by atoms with Gasteiger partial charge in [0.1, 0.15) is 0 Å². The van der Waals surface area contributed by atoms with E-state index in [-0.39, 0.29) is 0 Å². The van der Waals surface area contributed by atoms with Crippen LogP contribution in [0.5, 0.6) is 0 Å². The summed E-state index contributed by atoms with van der Waals surface area (Å²) in [5, 5.41) is 0. The Labute approximate surface area is 102 Å². The van der Waals surface area contributed by atoms with Gasteiger partial charge >= 0.3 is 0 Å². The van der Waals surface area contributed by atoms with Crippen molar-refractivity contribution < 1.29 is 0 Å². The highest BCUT2D eigenvalue weighted by Gasteiger charge is 2.01. The number of hydrogen-bond donors (Lipinski definition) is 2. The quantitative estimate of drug-likeness (QED) is 0.380. The zero-order chi connectivity index (χ0) is 10.1. The fraction of sp³-hybridized carbons (Fsp3) is 1.00. The van der Waals surface area contributed by atoms with Crippen LogP contribution in [0.4, 0.5) is 0 Å². The van der Waals surface area contributed by atoms with E-state index in [1.165, 1.54) is 17.9 Å². The standard InChI is InChI=1S/C9H20S4/c1-3-8(10)12-6-5-7-13-9(11)4-2/h8-11H,3-7H2,1-2H3. The molecule has 0 bridgehead atoms. The van der Waals surface area contributed by atoms with Gasteiger partial charge in [-0.3, -0.25) is 0 Å². The van der Waals surface area contributed by atoms with Crippen LogP contribution in [0.3, 0.4) is 0 Å². The lowest BCUT2D eigenvalue weighted by molar-refractivity contribution is 1.04. The highest BCUT2D eigenvalue weighted by Crippen LogP contribution is 2.22. The van der Waals surface area contributed by atoms with Crippen LogP contribution in [0, 0.1) is 0 Å². The van der Waals surface area contributed by atoms with Crippen molar-refractivity contribution in [2.45, 2.75) is 42.3 Å². The van der Waals surface area contributed by atoms with Crippen molar-refractivity contribution in [3.8, 4) is 0 Å². The van der Waals surface area contributed by atoms with Crippen molar-refractivity contribution in [3.63, 3.8) is 0 Å². The van der Waals surface area contributed by atoms with Gasteiger partial charge in [0.25, 0.3) is 0 Å². The Kier molecular flexibility index (Phi) is 11.0. The number of hydrogen-bond acceptors (Lipinski definition) is 4. The molecule has 4 heteroatoms. The van der Waals surface area contributed by atoms with Gasteiger partial charge in [-0.2, -0.15) is 25.3 Å². The van der Waals surface area contributed by atoms with E-state index in [9.17, 15) is 0 Å². The van der Waals surface area contributed by atoms with E-state index in [2.05, 4.69) is 39.1 Å². The lowest BCUT2D eigenvalue weighted by Crippen LogP contribution is -1.95. The van der Waals surface area contributed by atoms with Gasteiger partial charge in [0.05, 0.1) is 0 Å². The molecule has 0 radical (unpaired) electrons. The molecule has 0 aliphatic rings. The highest BCUT2D eigenvalue weighted by atomic mass is 32.2. The summed E-state index contributed by atoms with van der Waals surface area (Å²) in [6.45, 7) is 4.36. The van der Waals surface area contributed by atoms with Gasteiger partial charge in [-0.1, -0.05) is 13.8 Å². The van der Waals surface area contributed by atoms with Crippen molar-refractivity contribution in [2.75, 3.05) is 11.5 Å². The normalized spacial score (nSPS) is 15.7. The fourth-order valence-corrected chi connectivity index (χ4v) is 3.19. The van der Waals surface area contributed by atoms with Gasteiger partial charge in [0, 0.05) is 9.16 Å². The van der Waals surface area contributed by atoms with E-state index in [4.69, 9.17) is 0 Å². The molecule has 0 aliphatic heterocycles. The van der Waals surface area contributed by atoms with Crippen molar-refractivity contribution in [2.24, 2.45) is 0 Å². The molecule has 0 nitrogen and oxygen atoms in total. The minimum Gasteiger partial charge on any atom is -0.165 e. The van der Waals surface area contributed by atoms with Crippen molar-refractivity contribution >= 4 is 48.8 Å². The first-order chi connectivity index (χ1) is 6.20. The van der Waals surface area contributed by atoms with Crippen LogP contribution < -0.4 is 0 Å². The molecule has 0 rings (SSSR count). The molecule has 13 heavy (non-hydrogen) atoms. The van der Waals surface area contributed by atoms with Crippen LogP contribution in [0.2, 0.25) is 0 Å². The summed E-state index contributed by atoms with van der Waals surface area (Å²) in [6, 6.07) is 0. The van der Waals surface area contributed by atoms with Crippen LogP contribution in [0.15, 0.2) is 0 Å². The molecule has 0 aliphatic carbocycles. The molecule has 0 fully saturated rings. The van der Waals surface area contributed by atoms with Gasteiger partial charge in [0.2, 0.25) is 0 Å². The molecule has 0 spiro atoms. The third-order valence-corrected chi connectivity index (χ3v) is 5.72. The summed E-state index contributed by atoms with van der Waals surface area (Å²) in [4.78, 5) is 0. The van der Waals surface area contributed by atoms with E-state index in [0.29, 0.717) is 9.16 Å². The van der Waals surface area contributed by atoms with Crippen LogP contribution in [-0.2, 0) is 0 Å². The molecule has 2 unspecified atom stereocenters. The Morgan fingerprint density at radius 2 is 1.31 bits per heavy atom. The molecule has 80 valence electrons. The third-order valence-electron chi connectivity index (χ3n) is 1.61. The summed E-state index contributed by atoms with van der Waals surface area (Å²) in [6.07, 6.45) is 3.60. The Balaban J connectivity index is 3.08. The topological polar surface area (TPSA) is 0 Å². The van der Waals surface area contributed by atoms with E-state index in [0.717, 1.165) is 12.8 Å². The predicted octanol–water partition coefficient (Wildman–Crippen LogP) is 4.17. The number of thiol groups is 2. The Morgan fingerprint density at radius 1 is 0.923 bits per heavy atom. The fourth-order valence-electron chi connectivity index (χ4n) is 0.733. The Hall–Kier alpha value is 1.40. The van der Waals surface area contributed by atoms with Crippen molar-refractivity contribution in [1.29, 1.82) is 0 Å². The maximum atomic E-state index is 4.43. The predicted molar refractivity (Wildman–Crippen MR) is 75.7 cm³/mol. The zero-order valence-electron chi connectivity index (χ0n) is 8.40. The van der Waals surface area contributed by atoms with Crippen molar-refractivity contribution in [1.82, 2.24) is 0 Å². The van der Waals surface area contributed by atoms with E-state index >= 15 is 0 Å². The third kappa shape index (κ3) is 9.70. The van der Waals surface area contributed by atoms with E-state index < -0.39 is 0 Å². The summed E-state index contributed by atoms with van der Waals surface area (Å²) < 4.78 is 1.06. The summed E-state index contributed by atoms with van der Waals surface area (Å²) in [5.41, 5.74) is 0. The minimum absolute atomic E-state index is 0.531. The van der Waals surface area contributed by atoms with E-state index in [1.807, 2.05) is 23.5 Å². The second kappa shape index (κ2) is 9.94. The van der Waals surface area contributed by atoms with Gasteiger partial charge in [0.15, 0.2) is 0 Å². The highest BCUT2D eigenvalue weighted by molar-refractivity contribution is 8.11. The Bertz CT molecular complexity index is 95.8. The average Bonchev–Trinajstić information content (AvgIpc) is 2.16. The largest absolute Gasteiger partial charge is 0.165 e. The maximum Gasteiger partial charge on any atom is 0.0469 e. The van der Waals surface area contributed by atoms with Gasteiger partial charge in [-0.05, 0) is 30.8 Å². The second-order valence-electron chi connectivity index (χ2n) is 2.82. The van der Waals surface area contributed by atoms with Gasteiger partial charge in [-0.15, -0.1) is 23.5 Å². The first-order valence-corrected chi connectivity index (χ1v) is 7.93. The lowest BCUT2D eigenvalue weighted by Gasteiger charge is -2.08. The first-order valence-electron chi connectivity index (χ1n) is 4.80. The molecule has 0 amide bonds. The SMILES string of the molecule is CCC(S)SCCCSC(S)CC. The molecule has 0 N–H and O–H groups in total. The first kappa shape index (κ1) is 14.4. The summed E-state index contributed by atoms with van der Waals surface area (Å²) in [5.74, 6) is 2.47. The van der Waals surface area contributed by atoms with Crippen LogP contribution in [0.1, 0.15) is 33.1 Å². The minimum atomic E-state index is 0.531. The van der Waals surface area contributed by atoms with Gasteiger partial charge in [-0.25, -0.2) is 0 Å². The molecular weight excluding hydrogens is 236 g/mol. The van der Waals surface area contributed by atoms with Crippen LogP contribution in [0.25, 0.3) is 0 Å². The van der Waals surface area contributed by atoms with Gasteiger partial charge < -0.3 is 0 Å². The van der Waals surface area contributed by atoms with Crippen LogP contribution >= 0.6 is 48.8 Å².